The van der Waals surface area contributed by atoms with Gasteiger partial charge in [0.25, 0.3) is 0 Å². The van der Waals surface area contributed by atoms with Crippen LogP contribution in [0, 0.1) is 5.92 Å². The van der Waals surface area contributed by atoms with E-state index in [0.29, 0.717) is 6.54 Å². The predicted molar refractivity (Wildman–Crippen MR) is 79.6 cm³/mol. The Morgan fingerprint density at radius 1 is 1.00 bits per heavy atom. The van der Waals surface area contributed by atoms with Gasteiger partial charge >= 0.3 is 5.97 Å². The van der Waals surface area contributed by atoms with Crippen molar-refractivity contribution in [2.75, 3.05) is 59.9 Å². The molecular formula is C14H31N3O2. The number of rotatable bonds is 11. The summed E-state index contributed by atoms with van der Waals surface area (Å²) in [5.41, 5.74) is 0. The fourth-order valence-corrected chi connectivity index (χ4v) is 1.92. The molecule has 0 amide bonds. The maximum atomic E-state index is 11.0. The fourth-order valence-electron chi connectivity index (χ4n) is 1.92. The zero-order valence-electron chi connectivity index (χ0n) is 13.2. The van der Waals surface area contributed by atoms with E-state index in [1.165, 1.54) is 0 Å². The van der Waals surface area contributed by atoms with E-state index in [1.54, 1.807) is 6.92 Å². The van der Waals surface area contributed by atoms with Crippen molar-refractivity contribution >= 4 is 5.97 Å². The standard InChI is InChI=1S/C14H31N3O2/c1-6-16(7-2)10-11-17(9-8-15(4)5)12-13(3)14(18)19/h13H,6-12H2,1-5H3,(H,18,19). The van der Waals surface area contributed by atoms with Gasteiger partial charge in [-0.05, 0) is 27.2 Å². The van der Waals surface area contributed by atoms with Crippen molar-refractivity contribution in [1.82, 2.24) is 14.7 Å². The molecule has 0 saturated heterocycles. The molecule has 5 nitrogen and oxygen atoms in total. The number of carboxylic acid groups (broad SMARTS) is 1. The van der Waals surface area contributed by atoms with E-state index < -0.39 is 5.97 Å². The van der Waals surface area contributed by atoms with Gasteiger partial charge in [-0.15, -0.1) is 0 Å². The normalized spacial score (nSPS) is 13.5. The summed E-state index contributed by atoms with van der Waals surface area (Å²) in [6.45, 7) is 12.7. The molecule has 0 aromatic carbocycles. The number of carbonyl (C=O) groups is 1. The molecule has 1 unspecified atom stereocenters. The number of likely N-dealkylation sites (N-methyl/N-ethyl adjacent to an activating group) is 2. The van der Waals surface area contributed by atoms with Gasteiger partial charge in [0.05, 0.1) is 5.92 Å². The summed E-state index contributed by atoms with van der Waals surface area (Å²) in [6.07, 6.45) is 0. The van der Waals surface area contributed by atoms with Gasteiger partial charge in [0.15, 0.2) is 0 Å². The minimum atomic E-state index is -0.710. The van der Waals surface area contributed by atoms with E-state index in [9.17, 15) is 4.79 Å². The van der Waals surface area contributed by atoms with Crippen LogP contribution in [0.1, 0.15) is 20.8 Å². The molecule has 0 radical (unpaired) electrons. The first-order chi connectivity index (χ1) is 8.90. The largest absolute Gasteiger partial charge is 0.481 e. The van der Waals surface area contributed by atoms with Crippen LogP contribution >= 0.6 is 0 Å². The monoisotopic (exact) mass is 273 g/mol. The molecule has 0 saturated carbocycles. The molecule has 0 bridgehead atoms. The lowest BCUT2D eigenvalue weighted by atomic mass is 10.1. The molecule has 0 spiro atoms. The van der Waals surface area contributed by atoms with E-state index in [2.05, 4.69) is 28.5 Å². The number of nitrogens with zero attached hydrogens (tertiary/aromatic N) is 3. The average Bonchev–Trinajstić information content (AvgIpc) is 2.36. The van der Waals surface area contributed by atoms with Crippen molar-refractivity contribution in [2.45, 2.75) is 20.8 Å². The first-order valence-electron chi connectivity index (χ1n) is 7.22. The van der Waals surface area contributed by atoms with E-state index in [0.717, 1.165) is 39.3 Å². The van der Waals surface area contributed by atoms with Crippen LogP contribution in [0.5, 0.6) is 0 Å². The van der Waals surface area contributed by atoms with Crippen LogP contribution < -0.4 is 0 Å². The van der Waals surface area contributed by atoms with Crippen LogP contribution in [0.3, 0.4) is 0 Å². The summed E-state index contributed by atoms with van der Waals surface area (Å²) >= 11 is 0. The lowest BCUT2D eigenvalue weighted by Crippen LogP contribution is -2.41. The Balaban J connectivity index is 4.27. The summed E-state index contributed by atoms with van der Waals surface area (Å²) in [6, 6.07) is 0. The van der Waals surface area contributed by atoms with Crippen molar-refractivity contribution in [2.24, 2.45) is 5.92 Å². The molecule has 0 aromatic heterocycles. The molecule has 19 heavy (non-hydrogen) atoms. The maximum absolute atomic E-state index is 11.0. The minimum Gasteiger partial charge on any atom is -0.481 e. The van der Waals surface area contributed by atoms with Crippen LogP contribution in [0.15, 0.2) is 0 Å². The second-order valence-corrected chi connectivity index (χ2v) is 5.37. The highest BCUT2D eigenvalue weighted by atomic mass is 16.4. The topological polar surface area (TPSA) is 47.0 Å². The van der Waals surface area contributed by atoms with Gasteiger partial charge in [0.2, 0.25) is 0 Å². The zero-order chi connectivity index (χ0) is 14.8. The van der Waals surface area contributed by atoms with Crippen LogP contribution in [-0.2, 0) is 4.79 Å². The summed E-state index contributed by atoms with van der Waals surface area (Å²) in [5.74, 6) is -1.02. The highest BCUT2D eigenvalue weighted by Gasteiger charge is 2.16. The summed E-state index contributed by atoms with van der Waals surface area (Å²) in [5, 5.41) is 9.03. The Kier molecular flexibility index (Phi) is 9.83. The third kappa shape index (κ3) is 8.97. The van der Waals surface area contributed by atoms with Crippen molar-refractivity contribution in [3.63, 3.8) is 0 Å². The third-order valence-electron chi connectivity index (χ3n) is 3.44. The van der Waals surface area contributed by atoms with Crippen molar-refractivity contribution in [1.29, 1.82) is 0 Å². The van der Waals surface area contributed by atoms with Gasteiger partial charge in [0, 0.05) is 32.7 Å². The SMILES string of the molecule is CCN(CC)CCN(CCN(C)C)CC(C)C(=O)O. The molecule has 0 aliphatic carbocycles. The summed E-state index contributed by atoms with van der Waals surface area (Å²) < 4.78 is 0. The van der Waals surface area contributed by atoms with Gasteiger partial charge in [-0.1, -0.05) is 20.8 Å². The smallest absolute Gasteiger partial charge is 0.307 e. The Labute approximate surface area is 118 Å². The molecular weight excluding hydrogens is 242 g/mol. The van der Waals surface area contributed by atoms with Gasteiger partial charge in [-0.3, -0.25) is 9.69 Å². The predicted octanol–water partition coefficient (Wildman–Crippen LogP) is 0.913. The molecule has 114 valence electrons. The zero-order valence-corrected chi connectivity index (χ0v) is 13.2. The van der Waals surface area contributed by atoms with Gasteiger partial charge < -0.3 is 14.9 Å². The Hall–Kier alpha value is -0.650. The van der Waals surface area contributed by atoms with Crippen molar-refractivity contribution < 1.29 is 9.90 Å². The second-order valence-electron chi connectivity index (χ2n) is 5.37. The fraction of sp³-hybridized carbons (Fsp3) is 0.929. The van der Waals surface area contributed by atoms with Crippen LogP contribution in [0.4, 0.5) is 0 Å². The molecule has 0 heterocycles. The van der Waals surface area contributed by atoms with E-state index in [1.807, 2.05) is 14.1 Å². The average molecular weight is 273 g/mol. The van der Waals surface area contributed by atoms with Gasteiger partial charge in [-0.2, -0.15) is 0 Å². The number of carboxylic acids is 1. The van der Waals surface area contributed by atoms with Crippen LogP contribution in [0.2, 0.25) is 0 Å². The lowest BCUT2D eigenvalue weighted by Gasteiger charge is -2.28. The molecule has 0 aliphatic heterocycles. The van der Waals surface area contributed by atoms with Crippen molar-refractivity contribution in [3.05, 3.63) is 0 Å². The van der Waals surface area contributed by atoms with E-state index >= 15 is 0 Å². The summed E-state index contributed by atoms with van der Waals surface area (Å²) in [4.78, 5) is 17.7. The van der Waals surface area contributed by atoms with Gasteiger partial charge in [-0.25, -0.2) is 0 Å². The number of hydrogen-bond acceptors (Lipinski definition) is 4. The molecule has 0 aromatic rings. The molecule has 0 fully saturated rings. The third-order valence-corrected chi connectivity index (χ3v) is 3.44. The lowest BCUT2D eigenvalue weighted by molar-refractivity contribution is -0.141. The second kappa shape index (κ2) is 10.2. The first kappa shape index (κ1) is 18.4. The van der Waals surface area contributed by atoms with E-state index in [4.69, 9.17) is 5.11 Å². The van der Waals surface area contributed by atoms with Crippen molar-refractivity contribution in [3.8, 4) is 0 Å². The number of hydrogen-bond donors (Lipinski definition) is 1. The van der Waals surface area contributed by atoms with Crippen LogP contribution in [0.25, 0.3) is 0 Å². The minimum absolute atomic E-state index is 0.307. The number of aliphatic carboxylic acids is 1. The molecule has 1 N–H and O–H groups in total. The molecule has 0 rings (SSSR count). The molecule has 5 heteroatoms. The maximum Gasteiger partial charge on any atom is 0.307 e. The quantitative estimate of drug-likeness (QED) is 0.606. The Morgan fingerprint density at radius 3 is 1.89 bits per heavy atom. The highest BCUT2D eigenvalue weighted by molar-refractivity contribution is 5.69. The molecule has 0 aliphatic rings. The summed E-state index contributed by atoms with van der Waals surface area (Å²) in [7, 11) is 4.09. The first-order valence-corrected chi connectivity index (χ1v) is 7.22. The van der Waals surface area contributed by atoms with Crippen LogP contribution in [-0.4, -0.2) is 85.7 Å². The van der Waals surface area contributed by atoms with Gasteiger partial charge in [0.1, 0.15) is 0 Å². The Bertz CT molecular complexity index is 243. The highest BCUT2D eigenvalue weighted by Crippen LogP contribution is 2.01. The Morgan fingerprint density at radius 2 is 1.47 bits per heavy atom. The van der Waals surface area contributed by atoms with E-state index in [-0.39, 0.29) is 5.92 Å². The molecule has 1 atom stereocenters.